The Morgan fingerprint density at radius 3 is 2.37 bits per heavy atom. The predicted molar refractivity (Wildman–Crippen MR) is 140 cm³/mol. The number of methoxy groups -OCH3 is 2. The lowest BCUT2D eigenvalue weighted by atomic mass is 9.78. The Morgan fingerprint density at radius 1 is 1.00 bits per heavy atom. The second-order valence-electron chi connectivity index (χ2n) is 10.5. The second kappa shape index (κ2) is 13.0. The molecule has 0 unspecified atom stereocenters. The summed E-state index contributed by atoms with van der Waals surface area (Å²) >= 11 is 0. The van der Waals surface area contributed by atoms with Crippen LogP contribution < -0.4 is 14.8 Å². The van der Waals surface area contributed by atoms with Gasteiger partial charge in [-0.15, -0.1) is 13.2 Å². The van der Waals surface area contributed by atoms with E-state index in [1.54, 1.807) is 27.0 Å². The summed E-state index contributed by atoms with van der Waals surface area (Å²) in [5, 5.41) is 2.89. The smallest absolute Gasteiger partial charge is 0.497 e. The lowest BCUT2D eigenvalue weighted by Crippen LogP contribution is -2.60. The van der Waals surface area contributed by atoms with Gasteiger partial charge >= 0.3 is 6.36 Å². The van der Waals surface area contributed by atoms with E-state index in [2.05, 4.69) is 10.1 Å². The van der Waals surface area contributed by atoms with Gasteiger partial charge in [0.1, 0.15) is 17.6 Å². The first-order valence-corrected chi connectivity index (χ1v) is 13.3. The zero-order valence-electron chi connectivity index (χ0n) is 23.5. The van der Waals surface area contributed by atoms with Gasteiger partial charge in [-0.05, 0) is 49.2 Å². The van der Waals surface area contributed by atoms with Crippen molar-refractivity contribution in [2.24, 2.45) is 0 Å². The molecule has 4 atom stereocenters. The molecule has 1 saturated heterocycles. The molecule has 12 heteroatoms. The van der Waals surface area contributed by atoms with E-state index < -0.39 is 36.1 Å². The molecule has 0 spiro atoms. The van der Waals surface area contributed by atoms with Gasteiger partial charge in [-0.1, -0.05) is 24.3 Å². The standard InChI is InChI=1S/C29H36F3NO8/c1-27(2)40-24-16-28(26(34)33-11-12-35-3,38-18-20-8-5-9-21(13-20)36-4)15-23(25(24)41-27)37-17-19-7-6-10-22(14-19)39-29(30,31)32/h5-10,13-14,23-25H,11-12,15-18H2,1-4H3,(H,33,34)/t23-,24-,25+,28-/m1/s1. The molecule has 1 amide bonds. The highest BCUT2D eigenvalue weighted by Crippen LogP contribution is 2.44. The topological polar surface area (TPSA) is 93.7 Å². The molecule has 1 saturated carbocycles. The van der Waals surface area contributed by atoms with Crippen LogP contribution in [0.1, 0.15) is 37.8 Å². The fraction of sp³-hybridized carbons (Fsp3) is 0.552. The van der Waals surface area contributed by atoms with E-state index in [9.17, 15) is 18.0 Å². The second-order valence-corrected chi connectivity index (χ2v) is 10.5. The molecule has 226 valence electrons. The van der Waals surface area contributed by atoms with Crippen molar-refractivity contribution in [3.8, 4) is 11.5 Å². The summed E-state index contributed by atoms with van der Waals surface area (Å²) in [6.45, 7) is 4.19. The fourth-order valence-corrected chi connectivity index (χ4v) is 5.16. The SMILES string of the molecule is COCCNC(=O)[C@@]1(OCc2cccc(OC)c2)C[C@@H](OCc2cccc(OC(F)(F)F)c2)[C@@H]2OC(C)(C)O[C@@H]2C1. The summed E-state index contributed by atoms with van der Waals surface area (Å²) in [6, 6.07) is 12.9. The molecular weight excluding hydrogens is 547 g/mol. The summed E-state index contributed by atoms with van der Waals surface area (Å²) in [5.74, 6) is -0.985. The average Bonchev–Trinajstić information content (AvgIpc) is 3.23. The normalized spacial score (nSPS) is 25.4. The van der Waals surface area contributed by atoms with E-state index in [4.69, 9.17) is 28.4 Å². The Morgan fingerprint density at radius 2 is 1.68 bits per heavy atom. The number of amides is 1. The van der Waals surface area contributed by atoms with Crippen molar-refractivity contribution in [2.75, 3.05) is 27.4 Å². The van der Waals surface area contributed by atoms with Crippen molar-refractivity contribution in [3.05, 3.63) is 59.7 Å². The number of hydrogen-bond donors (Lipinski definition) is 1. The largest absolute Gasteiger partial charge is 0.573 e. The van der Waals surface area contributed by atoms with Crippen molar-refractivity contribution in [3.63, 3.8) is 0 Å². The molecule has 0 bridgehead atoms. The van der Waals surface area contributed by atoms with Gasteiger partial charge in [-0.25, -0.2) is 0 Å². The van der Waals surface area contributed by atoms with E-state index in [-0.39, 0.29) is 44.3 Å². The maximum Gasteiger partial charge on any atom is 0.573 e. The van der Waals surface area contributed by atoms with Crippen LogP contribution in [0, 0.1) is 0 Å². The number of halogens is 3. The van der Waals surface area contributed by atoms with Gasteiger partial charge in [-0.3, -0.25) is 4.79 Å². The molecule has 1 N–H and O–H groups in total. The summed E-state index contributed by atoms with van der Waals surface area (Å²) < 4.78 is 77.6. The number of fused-ring (bicyclic) bond motifs is 1. The Hall–Kier alpha value is -2.90. The number of alkyl halides is 3. The molecular formula is C29H36F3NO8. The highest BCUT2D eigenvalue weighted by atomic mass is 19.4. The lowest BCUT2D eigenvalue weighted by molar-refractivity contribution is -0.274. The minimum atomic E-state index is -4.81. The number of ether oxygens (including phenoxy) is 7. The van der Waals surface area contributed by atoms with E-state index in [1.807, 2.05) is 24.3 Å². The number of carbonyl (C=O) groups excluding carboxylic acids is 1. The van der Waals surface area contributed by atoms with E-state index in [0.29, 0.717) is 17.9 Å². The van der Waals surface area contributed by atoms with Crippen LogP contribution in [-0.4, -0.2) is 69.3 Å². The number of nitrogens with one attached hydrogen (secondary N) is 1. The number of benzene rings is 2. The van der Waals surface area contributed by atoms with Crippen LogP contribution in [0.5, 0.6) is 11.5 Å². The van der Waals surface area contributed by atoms with E-state index in [0.717, 1.165) is 5.56 Å². The minimum Gasteiger partial charge on any atom is -0.497 e. The zero-order valence-corrected chi connectivity index (χ0v) is 23.5. The first-order valence-electron chi connectivity index (χ1n) is 13.3. The molecule has 0 aromatic heterocycles. The van der Waals surface area contributed by atoms with E-state index in [1.165, 1.54) is 25.3 Å². The van der Waals surface area contributed by atoms with Gasteiger partial charge in [0.2, 0.25) is 0 Å². The first-order chi connectivity index (χ1) is 19.4. The number of carbonyl (C=O) groups is 1. The maximum atomic E-state index is 13.7. The third kappa shape index (κ3) is 8.32. The van der Waals surface area contributed by atoms with Gasteiger partial charge in [-0.2, -0.15) is 0 Å². The van der Waals surface area contributed by atoms with Crippen molar-refractivity contribution in [2.45, 2.75) is 76.0 Å². The Bertz CT molecular complexity index is 1180. The molecule has 4 rings (SSSR count). The van der Waals surface area contributed by atoms with Gasteiger partial charge < -0.3 is 38.5 Å². The minimum absolute atomic E-state index is 0.0516. The predicted octanol–water partition coefficient (Wildman–Crippen LogP) is 4.51. The molecule has 2 aromatic rings. The summed E-state index contributed by atoms with van der Waals surface area (Å²) in [7, 11) is 3.11. The monoisotopic (exact) mass is 583 g/mol. The third-order valence-electron chi connectivity index (χ3n) is 6.90. The third-order valence-corrected chi connectivity index (χ3v) is 6.90. The zero-order chi connectivity index (χ0) is 29.7. The number of hydrogen-bond acceptors (Lipinski definition) is 8. The molecule has 2 fully saturated rings. The molecule has 41 heavy (non-hydrogen) atoms. The van der Waals surface area contributed by atoms with Gasteiger partial charge in [0.15, 0.2) is 11.4 Å². The van der Waals surface area contributed by atoms with Crippen LogP contribution in [0.15, 0.2) is 48.5 Å². The maximum absolute atomic E-state index is 13.7. The average molecular weight is 584 g/mol. The van der Waals surface area contributed by atoms with Gasteiger partial charge in [0, 0.05) is 26.5 Å². The molecule has 2 aromatic carbocycles. The van der Waals surface area contributed by atoms with Crippen molar-refractivity contribution in [1.82, 2.24) is 5.32 Å². The van der Waals surface area contributed by atoms with Crippen LogP contribution in [0.25, 0.3) is 0 Å². The highest BCUT2D eigenvalue weighted by Gasteiger charge is 2.58. The van der Waals surface area contributed by atoms with Crippen LogP contribution >= 0.6 is 0 Å². The molecule has 2 aliphatic rings. The Labute approximate surface area is 237 Å². The first kappa shape index (κ1) is 31.0. The summed E-state index contributed by atoms with van der Waals surface area (Å²) in [4.78, 5) is 13.7. The van der Waals surface area contributed by atoms with Gasteiger partial charge in [0.05, 0.1) is 39.1 Å². The molecule has 0 radical (unpaired) electrons. The fourth-order valence-electron chi connectivity index (χ4n) is 5.16. The van der Waals surface area contributed by atoms with Crippen molar-refractivity contribution < 1.29 is 51.1 Å². The molecule has 1 heterocycles. The quantitative estimate of drug-likeness (QED) is 0.365. The van der Waals surface area contributed by atoms with Crippen LogP contribution in [0.2, 0.25) is 0 Å². The van der Waals surface area contributed by atoms with Crippen LogP contribution in [0.4, 0.5) is 13.2 Å². The molecule has 9 nitrogen and oxygen atoms in total. The lowest BCUT2D eigenvalue weighted by Gasteiger charge is -2.43. The molecule has 1 aliphatic carbocycles. The summed E-state index contributed by atoms with van der Waals surface area (Å²) in [6.07, 6.45) is -6.23. The highest BCUT2D eigenvalue weighted by molar-refractivity contribution is 5.85. The van der Waals surface area contributed by atoms with Crippen LogP contribution in [0.3, 0.4) is 0 Å². The van der Waals surface area contributed by atoms with Crippen LogP contribution in [-0.2, 0) is 41.7 Å². The Kier molecular flexibility index (Phi) is 9.81. The number of rotatable bonds is 12. The molecule has 1 aliphatic heterocycles. The summed E-state index contributed by atoms with van der Waals surface area (Å²) in [5.41, 5.74) is -0.0916. The van der Waals surface area contributed by atoms with Crippen molar-refractivity contribution >= 4 is 5.91 Å². The Balaban J connectivity index is 1.58. The van der Waals surface area contributed by atoms with Gasteiger partial charge in [0.25, 0.3) is 5.91 Å². The van der Waals surface area contributed by atoms with Crippen molar-refractivity contribution in [1.29, 1.82) is 0 Å². The van der Waals surface area contributed by atoms with E-state index >= 15 is 0 Å².